The molecule has 0 spiro atoms. The fourth-order valence-electron chi connectivity index (χ4n) is 2.46. The summed E-state index contributed by atoms with van der Waals surface area (Å²) in [6, 6.07) is 8.91. The molecule has 1 aromatic carbocycles. The third-order valence-corrected chi connectivity index (χ3v) is 4.88. The van der Waals surface area contributed by atoms with Crippen molar-refractivity contribution in [2.24, 2.45) is 0 Å². The van der Waals surface area contributed by atoms with E-state index in [2.05, 4.69) is 10.3 Å². The minimum absolute atomic E-state index is 0.0628. The molecule has 1 N–H and O–H groups in total. The number of benzene rings is 1. The van der Waals surface area contributed by atoms with Crippen molar-refractivity contribution < 1.29 is 13.2 Å². The molecule has 2 aromatic rings. The molecule has 0 radical (unpaired) electrons. The van der Waals surface area contributed by atoms with E-state index in [4.69, 9.17) is 0 Å². The van der Waals surface area contributed by atoms with Gasteiger partial charge in [-0.05, 0) is 25.0 Å². The summed E-state index contributed by atoms with van der Waals surface area (Å²) in [5, 5.41) is 2.86. The van der Waals surface area contributed by atoms with Gasteiger partial charge in [-0.15, -0.1) is 0 Å². The van der Waals surface area contributed by atoms with Crippen LogP contribution in [0.5, 0.6) is 0 Å². The number of aryl methyl sites for hydroxylation is 1. The van der Waals surface area contributed by atoms with Crippen LogP contribution in [0.4, 0.5) is 5.69 Å². The van der Waals surface area contributed by atoms with Crippen molar-refractivity contribution in [2.45, 2.75) is 25.8 Å². The summed E-state index contributed by atoms with van der Waals surface area (Å²) in [5.41, 5.74) is 0.616. The number of carbonyl (C=O) groups excluding carboxylic acids is 1. The van der Waals surface area contributed by atoms with Crippen LogP contribution in [0.2, 0.25) is 0 Å². The lowest BCUT2D eigenvalue weighted by Gasteiger charge is -2.22. The molecule has 0 atom stereocenters. The van der Waals surface area contributed by atoms with E-state index in [1.165, 1.54) is 10.6 Å². The highest BCUT2D eigenvalue weighted by atomic mass is 32.2. The molecule has 0 fully saturated rings. The Hall–Kier alpha value is -2.35. The quantitative estimate of drug-likeness (QED) is 0.650. The Bertz CT molecular complexity index is 745. The Morgan fingerprint density at radius 3 is 2.64 bits per heavy atom. The Labute approximate surface area is 148 Å². The molecule has 1 heterocycles. The first kappa shape index (κ1) is 19.0. The Balaban J connectivity index is 1.71. The average Bonchev–Trinajstić information content (AvgIpc) is 3.09. The summed E-state index contributed by atoms with van der Waals surface area (Å²) in [7, 11) is -3.37. The number of anilines is 1. The normalized spacial score (nSPS) is 11.2. The molecule has 0 aliphatic heterocycles. The predicted octanol–water partition coefficient (Wildman–Crippen LogP) is 1.64. The number of carbonyl (C=O) groups is 1. The predicted molar refractivity (Wildman–Crippen MR) is 97.7 cm³/mol. The molecule has 1 amide bonds. The summed E-state index contributed by atoms with van der Waals surface area (Å²) in [5.74, 6) is -0.0628. The molecule has 0 saturated carbocycles. The summed E-state index contributed by atoms with van der Waals surface area (Å²) >= 11 is 0. The SMILES string of the molecule is CS(=O)(=O)N(CCCC(=O)NCCCn1ccnc1)c1ccccc1. The van der Waals surface area contributed by atoms with Crippen molar-refractivity contribution in [3.8, 4) is 0 Å². The van der Waals surface area contributed by atoms with Gasteiger partial charge in [0, 0.05) is 38.4 Å². The van der Waals surface area contributed by atoms with E-state index in [1.807, 2.05) is 16.8 Å². The van der Waals surface area contributed by atoms with Crippen LogP contribution in [0, 0.1) is 0 Å². The van der Waals surface area contributed by atoms with Crippen LogP contribution in [0.1, 0.15) is 19.3 Å². The Morgan fingerprint density at radius 1 is 1.24 bits per heavy atom. The van der Waals surface area contributed by atoms with Gasteiger partial charge in [-0.1, -0.05) is 18.2 Å². The molecule has 25 heavy (non-hydrogen) atoms. The standard InChI is InChI=1S/C17H24N4O3S/c1-25(23,24)21(16-7-3-2-4-8-16)13-5-9-17(22)19-10-6-12-20-14-11-18-15-20/h2-4,7-8,11,14-15H,5-6,9-10,12-13H2,1H3,(H,19,22). The fourth-order valence-corrected chi connectivity index (χ4v) is 3.43. The molecule has 0 unspecified atom stereocenters. The van der Waals surface area contributed by atoms with Gasteiger partial charge >= 0.3 is 0 Å². The third-order valence-electron chi connectivity index (χ3n) is 3.68. The minimum atomic E-state index is -3.37. The Morgan fingerprint density at radius 2 is 2.00 bits per heavy atom. The zero-order chi connectivity index (χ0) is 18.1. The molecule has 1 aromatic heterocycles. The van der Waals surface area contributed by atoms with Crippen molar-refractivity contribution in [1.29, 1.82) is 0 Å². The molecule has 136 valence electrons. The van der Waals surface area contributed by atoms with Gasteiger partial charge in [0.15, 0.2) is 0 Å². The lowest BCUT2D eigenvalue weighted by Crippen LogP contribution is -2.32. The topological polar surface area (TPSA) is 84.3 Å². The molecule has 2 rings (SSSR count). The van der Waals surface area contributed by atoms with E-state index in [1.54, 1.807) is 36.8 Å². The smallest absolute Gasteiger partial charge is 0.232 e. The van der Waals surface area contributed by atoms with Gasteiger partial charge in [0.25, 0.3) is 0 Å². The molecule has 0 aliphatic rings. The number of aromatic nitrogens is 2. The monoisotopic (exact) mass is 364 g/mol. The second kappa shape index (κ2) is 9.22. The maximum Gasteiger partial charge on any atom is 0.232 e. The van der Waals surface area contributed by atoms with Crippen molar-refractivity contribution >= 4 is 21.6 Å². The summed E-state index contributed by atoms with van der Waals surface area (Å²) in [4.78, 5) is 15.8. The van der Waals surface area contributed by atoms with Crippen LogP contribution in [0.15, 0.2) is 49.1 Å². The number of sulfonamides is 1. The molecule has 0 aliphatic carbocycles. The highest BCUT2D eigenvalue weighted by molar-refractivity contribution is 7.92. The van der Waals surface area contributed by atoms with Gasteiger partial charge in [0.1, 0.15) is 0 Å². The van der Waals surface area contributed by atoms with Crippen LogP contribution in [0.25, 0.3) is 0 Å². The number of hydrogen-bond donors (Lipinski definition) is 1. The van der Waals surface area contributed by atoms with Crippen molar-refractivity contribution in [2.75, 3.05) is 23.7 Å². The van der Waals surface area contributed by atoms with Crippen LogP contribution in [-0.4, -0.2) is 43.2 Å². The summed E-state index contributed by atoms with van der Waals surface area (Å²) < 4.78 is 27.2. The van der Waals surface area contributed by atoms with Crippen molar-refractivity contribution in [3.05, 3.63) is 49.1 Å². The number of rotatable bonds is 10. The van der Waals surface area contributed by atoms with Gasteiger partial charge in [-0.25, -0.2) is 13.4 Å². The van der Waals surface area contributed by atoms with E-state index in [9.17, 15) is 13.2 Å². The van der Waals surface area contributed by atoms with Crippen LogP contribution >= 0.6 is 0 Å². The van der Waals surface area contributed by atoms with Crippen LogP contribution in [-0.2, 0) is 21.4 Å². The first-order valence-electron chi connectivity index (χ1n) is 8.22. The average molecular weight is 364 g/mol. The molecule has 0 bridgehead atoms. The molecule has 7 nitrogen and oxygen atoms in total. The Kier molecular flexibility index (Phi) is 7.00. The number of nitrogens with zero attached hydrogens (tertiary/aromatic N) is 3. The maximum absolute atomic E-state index is 11.9. The van der Waals surface area contributed by atoms with E-state index in [-0.39, 0.29) is 12.5 Å². The first-order valence-corrected chi connectivity index (χ1v) is 10.1. The molecular weight excluding hydrogens is 340 g/mol. The lowest BCUT2D eigenvalue weighted by atomic mass is 10.2. The second-order valence-corrected chi connectivity index (χ2v) is 7.69. The fraction of sp³-hybridized carbons (Fsp3) is 0.412. The zero-order valence-electron chi connectivity index (χ0n) is 14.3. The van der Waals surface area contributed by atoms with Gasteiger partial charge in [0.2, 0.25) is 15.9 Å². The third kappa shape index (κ3) is 6.58. The largest absolute Gasteiger partial charge is 0.356 e. The van der Waals surface area contributed by atoms with Gasteiger partial charge in [-0.2, -0.15) is 0 Å². The minimum Gasteiger partial charge on any atom is -0.356 e. The van der Waals surface area contributed by atoms with Gasteiger partial charge in [0.05, 0.1) is 18.3 Å². The highest BCUT2D eigenvalue weighted by Crippen LogP contribution is 2.17. The van der Waals surface area contributed by atoms with E-state index in [0.29, 0.717) is 25.1 Å². The number of amides is 1. The lowest BCUT2D eigenvalue weighted by molar-refractivity contribution is -0.121. The van der Waals surface area contributed by atoms with Gasteiger partial charge < -0.3 is 9.88 Å². The molecular formula is C17H24N4O3S. The van der Waals surface area contributed by atoms with E-state index >= 15 is 0 Å². The maximum atomic E-state index is 11.9. The van der Waals surface area contributed by atoms with Crippen molar-refractivity contribution in [1.82, 2.24) is 14.9 Å². The summed E-state index contributed by atoms with van der Waals surface area (Å²) in [6.07, 6.45) is 8.10. The van der Waals surface area contributed by atoms with Crippen LogP contribution < -0.4 is 9.62 Å². The molecule has 0 saturated heterocycles. The number of imidazole rings is 1. The number of nitrogens with one attached hydrogen (secondary N) is 1. The number of para-hydroxylation sites is 1. The number of hydrogen-bond acceptors (Lipinski definition) is 4. The van der Waals surface area contributed by atoms with Crippen molar-refractivity contribution in [3.63, 3.8) is 0 Å². The second-order valence-electron chi connectivity index (χ2n) is 5.78. The van der Waals surface area contributed by atoms with E-state index in [0.717, 1.165) is 13.0 Å². The highest BCUT2D eigenvalue weighted by Gasteiger charge is 2.17. The summed E-state index contributed by atoms with van der Waals surface area (Å²) in [6.45, 7) is 1.67. The zero-order valence-corrected chi connectivity index (χ0v) is 15.2. The van der Waals surface area contributed by atoms with Crippen LogP contribution in [0.3, 0.4) is 0 Å². The van der Waals surface area contributed by atoms with E-state index < -0.39 is 10.0 Å². The first-order chi connectivity index (χ1) is 12.0. The molecule has 8 heteroatoms. The van der Waals surface area contributed by atoms with Gasteiger partial charge in [-0.3, -0.25) is 9.10 Å².